The molecule has 1 aliphatic heterocycles. The highest BCUT2D eigenvalue weighted by atomic mass is 16.5. The fraction of sp³-hybridized carbons (Fsp3) is 0.154. The number of hydrogen-bond donors (Lipinski definition) is 0. The second-order valence-corrected chi connectivity index (χ2v) is 7.26. The highest BCUT2D eigenvalue weighted by molar-refractivity contribution is 6.36. The van der Waals surface area contributed by atoms with Crippen LogP contribution in [-0.2, 0) is 16.1 Å². The summed E-state index contributed by atoms with van der Waals surface area (Å²) < 4.78 is 5.53. The molecule has 4 rings (SSSR count). The van der Waals surface area contributed by atoms with Crippen molar-refractivity contribution in [2.45, 2.75) is 13.5 Å². The maximum atomic E-state index is 13.5. The molecule has 0 atom stereocenters. The van der Waals surface area contributed by atoms with Crippen molar-refractivity contribution in [2.75, 3.05) is 18.6 Å². The van der Waals surface area contributed by atoms with Crippen molar-refractivity contribution in [1.29, 1.82) is 0 Å². The number of likely N-dealkylation sites (N-methyl/N-ethyl adjacent to an activating group) is 1. The van der Waals surface area contributed by atoms with Crippen LogP contribution >= 0.6 is 0 Å². The third kappa shape index (κ3) is 4.08. The Balaban J connectivity index is 1.77. The lowest BCUT2D eigenvalue weighted by Gasteiger charge is -2.21. The maximum absolute atomic E-state index is 13.5. The van der Waals surface area contributed by atoms with Crippen LogP contribution in [0.2, 0.25) is 0 Å². The van der Waals surface area contributed by atoms with Crippen LogP contribution in [0.25, 0.3) is 5.57 Å². The van der Waals surface area contributed by atoms with Crippen molar-refractivity contribution in [2.24, 2.45) is 0 Å². The molecule has 0 bridgehead atoms. The van der Waals surface area contributed by atoms with E-state index in [4.69, 9.17) is 4.74 Å². The smallest absolute Gasteiger partial charge is 0.278 e. The van der Waals surface area contributed by atoms with Crippen molar-refractivity contribution in [3.63, 3.8) is 0 Å². The summed E-state index contributed by atoms with van der Waals surface area (Å²) in [6.07, 6.45) is 0. The molecule has 2 amide bonds. The van der Waals surface area contributed by atoms with Crippen LogP contribution in [0.15, 0.2) is 90.6 Å². The van der Waals surface area contributed by atoms with E-state index in [9.17, 15) is 9.59 Å². The summed E-state index contributed by atoms with van der Waals surface area (Å²) in [7, 11) is 1.82. The zero-order valence-electron chi connectivity index (χ0n) is 17.6. The van der Waals surface area contributed by atoms with Gasteiger partial charge in [0.05, 0.1) is 18.7 Å². The van der Waals surface area contributed by atoms with Crippen molar-refractivity contribution in [3.05, 3.63) is 102 Å². The first kappa shape index (κ1) is 20.4. The number of rotatable bonds is 7. The van der Waals surface area contributed by atoms with Crippen LogP contribution in [0.1, 0.15) is 18.1 Å². The van der Waals surface area contributed by atoms with Gasteiger partial charge in [-0.05, 0) is 42.3 Å². The van der Waals surface area contributed by atoms with Gasteiger partial charge in [0.15, 0.2) is 0 Å². The molecule has 1 aliphatic rings. The third-order valence-corrected chi connectivity index (χ3v) is 5.26. The van der Waals surface area contributed by atoms with E-state index in [0.29, 0.717) is 23.4 Å². The number of para-hydroxylation sites is 1. The standard InChI is InChI=1S/C26H24N2O3/c1-3-31-22-16-14-20(15-17-22)23-24(27(2)21-12-8-5-9-13-21)26(30)28(25(23)29)18-19-10-6-4-7-11-19/h4-17H,3,18H2,1-2H3. The molecule has 3 aromatic rings. The number of carbonyl (C=O) groups excluding carboxylic acids is 2. The minimum Gasteiger partial charge on any atom is -0.494 e. The van der Waals surface area contributed by atoms with Crippen LogP contribution in [0.4, 0.5) is 5.69 Å². The number of nitrogens with zero attached hydrogens (tertiary/aromatic N) is 2. The molecule has 0 fully saturated rings. The van der Waals surface area contributed by atoms with Gasteiger partial charge in [0.25, 0.3) is 11.8 Å². The summed E-state index contributed by atoms with van der Waals surface area (Å²) >= 11 is 0. The second kappa shape index (κ2) is 8.88. The summed E-state index contributed by atoms with van der Waals surface area (Å²) in [6, 6.07) is 26.4. The molecular formula is C26H24N2O3. The zero-order chi connectivity index (χ0) is 21.8. The highest BCUT2D eigenvalue weighted by Gasteiger charge is 2.41. The van der Waals surface area contributed by atoms with Gasteiger partial charge in [0.1, 0.15) is 11.4 Å². The van der Waals surface area contributed by atoms with Gasteiger partial charge in [-0.15, -0.1) is 0 Å². The average Bonchev–Trinajstić information content (AvgIpc) is 3.05. The quantitative estimate of drug-likeness (QED) is 0.536. The fourth-order valence-corrected chi connectivity index (χ4v) is 3.71. The van der Waals surface area contributed by atoms with E-state index < -0.39 is 0 Å². The number of benzene rings is 3. The Labute approximate surface area is 182 Å². The van der Waals surface area contributed by atoms with Crippen molar-refractivity contribution < 1.29 is 14.3 Å². The van der Waals surface area contributed by atoms with Crippen molar-refractivity contribution in [3.8, 4) is 5.75 Å². The SMILES string of the molecule is CCOc1ccc(C2=C(N(C)c3ccccc3)C(=O)N(Cc3ccccc3)C2=O)cc1. The van der Waals surface area contributed by atoms with Crippen LogP contribution in [0.3, 0.4) is 0 Å². The van der Waals surface area contributed by atoms with Crippen LogP contribution in [-0.4, -0.2) is 30.4 Å². The molecule has 0 aliphatic carbocycles. The largest absolute Gasteiger partial charge is 0.494 e. The van der Waals surface area contributed by atoms with E-state index in [-0.39, 0.29) is 18.4 Å². The van der Waals surface area contributed by atoms with E-state index in [2.05, 4.69) is 0 Å². The second-order valence-electron chi connectivity index (χ2n) is 7.26. The van der Waals surface area contributed by atoms with E-state index >= 15 is 0 Å². The molecule has 5 heteroatoms. The first-order chi connectivity index (χ1) is 15.1. The number of ether oxygens (including phenoxy) is 1. The lowest BCUT2D eigenvalue weighted by Crippen LogP contribution is -2.33. The molecule has 0 N–H and O–H groups in total. The monoisotopic (exact) mass is 412 g/mol. The Morgan fingerprint density at radius 3 is 2.03 bits per heavy atom. The van der Waals surface area contributed by atoms with Gasteiger partial charge in [-0.1, -0.05) is 60.7 Å². The maximum Gasteiger partial charge on any atom is 0.278 e. The summed E-state index contributed by atoms with van der Waals surface area (Å²) in [4.78, 5) is 30.0. The van der Waals surface area contributed by atoms with E-state index in [1.54, 1.807) is 4.90 Å². The van der Waals surface area contributed by atoms with E-state index in [1.165, 1.54) is 4.90 Å². The lowest BCUT2D eigenvalue weighted by atomic mass is 10.0. The Kier molecular flexibility index (Phi) is 5.85. The molecule has 0 aromatic heterocycles. The molecular weight excluding hydrogens is 388 g/mol. The van der Waals surface area contributed by atoms with Gasteiger partial charge >= 0.3 is 0 Å². The Bertz CT molecular complexity index is 1110. The minimum atomic E-state index is -0.302. The highest BCUT2D eigenvalue weighted by Crippen LogP contribution is 2.34. The van der Waals surface area contributed by atoms with Gasteiger partial charge in [-0.3, -0.25) is 14.5 Å². The number of amides is 2. The summed E-state index contributed by atoms with van der Waals surface area (Å²) in [5, 5.41) is 0. The molecule has 156 valence electrons. The van der Waals surface area contributed by atoms with Crippen LogP contribution in [0, 0.1) is 0 Å². The van der Waals surface area contributed by atoms with Crippen molar-refractivity contribution in [1.82, 2.24) is 4.90 Å². The molecule has 5 nitrogen and oxygen atoms in total. The fourth-order valence-electron chi connectivity index (χ4n) is 3.71. The average molecular weight is 412 g/mol. The van der Waals surface area contributed by atoms with Gasteiger partial charge in [0, 0.05) is 12.7 Å². The predicted molar refractivity (Wildman–Crippen MR) is 121 cm³/mol. The van der Waals surface area contributed by atoms with Gasteiger partial charge in [-0.2, -0.15) is 0 Å². The zero-order valence-corrected chi connectivity index (χ0v) is 17.6. The molecule has 31 heavy (non-hydrogen) atoms. The molecule has 0 saturated heterocycles. The van der Waals surface area contributed by atoms with Gasteiger partial charge < -0.3 is 9.64 Å². The van der Waals surface area contributed by atoms with Gasteiger partial charge in [-0.25, -0.2) is 0 Å². The third-order valence-electron chi connectivity index (χ3n) is 5.26. The Hall–Kier alpha value is -3.86. The number of anilines is 1. The normalized spacial score (nSPS) is 13.7. The predicted octanol–water partition coefficient (Wildman–Crippen LogP) is 4.50. The van der Waals surface area contributed by atoms with E-state index in [1.807, 2.05) is 98.9 Å². The summed E-state index contributed by atoms with van der Waals surface area (Å²) in [5.74, 6) is 0.127. The molecule has 0 spiro atoms. The molecule has 0 radical (unpaired) electrons. The van der Waals surface area contributed by atoms with Crippen molar-refractivity contribution >= 4 is 23.1 Å². The number of hydrogen-bond acceptors (Lipinski definition) is 4. The van der Waals surface area contributed by atoms with Crippen LogP contribution in [0.5, 0.6) is 5.75 Å². The Morgan fingerprint density at radius 2 is 1.42 bits per heavy atom. The first-order valence-corrected chi connectivity index (χ1v) is 10.3. The summed E-state index contributed by atoms with van der Waals surface area (Å²) in [6.45, 7) is 2.71. The molecule has 0 unspecified atom stereocenters. The number of carbonyl (C=O) groups is 2. The van der Waals surface area contributed by atoms with E-state index in [0.717, 1.165) is 17.0 Å². The molecule has 3 aromatic carbocycles. The topological polar surface area (TPSA) is 49.9 Å². The first-order valence-electron chi connectivity index (χ1n) is 10.3. The van der Waals surface area contributed by atoms with Gasteiger partial charge in [0.2, 0.25) is 0 Å². The summed E-state index contributed by atoms with van der Waals surface area (Å²) in [5.41, 5.74) is 3.20. The Morgan fingerprint density at radius 1 is 0.806 bits per heavy atom. The van der Waals surface area contributed by atoms with Crippen LogP contribution < -0.4 is 9.64 Å². The molecule has 0 saturated carbocycles. The minimum absolute atomic E-state index is 0.227. The lowest BCUT2D eigenvalue weighted by molar-refractivity contribution is -0.137. The molecule has 1 heterocycles. The number of imide groups is 1.